The zero-order valence-corrected chi connectivity index (χ0v) is 12.6. The van der Waals surface area contributed by atoms with E-state index in [1.807, 2.05) is 25.1 Å². The molecule has 96 valence electrons. The second-order valence-corrected chi connectivity index (χ2v) is 6.10. The maximum Gasteiger partial charge on any atom is 0.124 e. The van der Waals surface area contributed by atoms with Crippen LogP contribution in [0.15, 0.2) is 40.2 Å². The summed E-state index contributed by atoms with van der Waals surface area (Å²) in [5.41, 5.74) is 6.99. The maximum absolute atomic E-state index is 5.95. The van der Waals surface area contributed by atoms with Gasteiger partial charge in [0.1, 0.15) is 5.75 Å². The molecule has 2 nitrogen and oxygen atoms in total. The van der Waals surface area contributed by atoms with Gasteiger partial charge in [0, 0.05) is 27.4 Å². The fraction of sp³-hybridized carbons (Fsp3) is 0.286. The lowest BCUT2D eigenvalue weighted by molar-refractivity contribution is 0.318. The van der Waals surface area contributed by atoms with Gasteiger partial charge in [-0.3, -0.25) is 0 Å². The molecule has 0 amide bonds. The molecule has 2 rings (SSSR count). The minimum absolute atomic E-state index is 0.0285. The van der Waals surface area contributed by atoms with Crippen LogP contribution >= 0.6 is 27.3 Å². The molecule has 0 fully saturated rings. The third kappa shape index (κ3) is 3.57. The molecule has 4 heteroatoms. The van der Waals surface area contributed by atoms with Crippen molar-refractivity contribution < 1.29 is 4.74 Å². The quantitative estimate of drug-likeness (QED) is 0.896. The van der Waals surface area contributed by atoms with Crippen LogP contribution in [-0.2, 0) is 6.42 Å². The van der Waals surface area contributed by atoms with E-state index in [1.54, 1.807) is 11.3 Å². The summed E-state index contributed by atoms with van der Waals surface area (Å²) in [6.07, 6.45) is 0.937. The van der Waals surface area contributed by atoms with Gasteiger partial charge >= 0.3 is 0 Å². The number of thiophene rings is 1. The molecule has 1 aromatic carbocycles. The van der Waals surface area contributed by atoms with Crippen molar-refractivity contribution in [3.05, 3.63) is 50.6 Å². The molecule has 2 N–H and O–H groups in total. The monoisotopic (exact) mass is 325 g/mol. The van der Waals surface area contributed by atoms with Crippen LogP contribution in [0.1, 0.15) is 23.4 Å². The Bertz CT molecular complexity index is 497. The van der Waals surface area contributed by atoms with Crippen LogP contribution in [-0.4, -0.2) is 6.61 Å². The zero-order chi connectivity index (χ0) is 13.0. The van der Waals surface area contributed by atoms with Gasteiger partial charge in [-0.1, -0.05) is 22.0 Å². The predicted molar refractivity (Wildman–Crippen MR) is 80.3 cm³/mol. The first-order valence-electron chi connectivity index (χ1n) is 5.87. The van der Waals surface area contributed by atoms with Crippen molar-refractivity contribution in [2.24, 2.45) is 5.73 Å². The highest BCUT2D eigenvalue weighted by atomic mass is 79.9. The molecule has 0 bridgehead atoms. The van der Waals surface area contributed by atoms with E-state index in [1.165, 1.54) is 4.88 Å². The van der Waals surface area contributed by atoms with Crippen LogP contribution in [0.25, 0.3) is 0 Å². The molecule has 0 aliphatic rings. The van der Waals surface area contributed by atoms with Crippen LogP contribution in [0.3, 0.4) is 0 Å². The van der Waals surface area contributed by atoms with Crippen LogP contribution in [0, 0.1) is 0 Å². The Morgan fingerprint density at radius 2 is 2.22 bits per heavy atom. The molecule has 2 aromatic rings. The van der Waals surface area contributed by atoms with Gasteiger partial charge in [0.2, 0.25) is 0 Å². The van der Waals surface area contributed by atoms with Crippen molar-refractivity contribution in [1.29, 1.82) is 0 Å². The van der Waals surface area contributed by atoms with E-state index in [-0.39, 0.29) is 6.04 Å². The maximum atomic E-state index is 5.95. The number of rotatable bonds is 5. The van der Waals surface area contributed by atoms with Crippen molar-refractivity contribution in [3.63, 3.8) is 0 Å². The minimum Gasteiger partial charge on any atom is -0.493 e. The van der Waals surface area contributed by atoms with Gasteiger partial charge in [0.05, 0.1) is 6.61 Å². The lowest BCUT2D eigenvalue weighted by Crippen LogP contribution is -2.09. The number of hydrogen-bond donors (Lipinski definition) is 1. The lowest BCUT2D eigenvalue weighted by atomic mass is 10.1. The first-order valence-corrected chi connectivity index (χ1v) is 7.54. The molecule has 0 aliphatic heterocycles. The summed E-state index contributed by atoms with van der Waals surface area (Å²) in [6.45, 7) is 2.65. The smallest absolute Gasteiger partial charge is 0.124 e. The van der Waals surface area contributed by atoms with Crippen LogP contribution < -0.4 is 10.5 Å². The Kier molecular flexibility index (Phi) is 4.80. The summed E-state index contributed by atoms with van der Waals surface area (Å²) in [7, 11) is 0. The average molecular weight is 326 g/mol. The van der Waals surface area contributed by atoms with E-state index >= 15 is 0 Å². The Morgan fingerprint density at radius 3 is 2.89 bits per heavy atom. The van der Waals surface area contributed by atoms with Gasteiger partial charge in [-0.2, -0.15) is 0 Å². The normalized spacial score (nSPS) is 12.4. The third-order valence-electron chi connectivity index (χ3n) is 2.65. The van der Waals surface area contributed by atoms with Gasteiger partial charge in [0.25, 0.3) is 0 Å². The molecule has 0 saturated carbocycles. The minimum atomic E-state index is -0.0285. The van der Waals surface area contributed by atoms with E-state index < -0.39 is 0 Å². The van der Waals surface area contributed by atoms with Gasteiger partial charge in [-0.15, -0.1) is 11.3 Å². The summed E-state index contributed by atoms with van der Waals surface area (Å²) in [6, 6.07) is 10.1. The topological polar surface area (TPSA) is 35.2 Å². The third-order valence-corrected chi connectivity index (χ3v) is 4.08. The second-order valence-electron chi connectivity index (χ2n) is 4.15. The Balaban J connectivity index is 2.00. The van der Waals surface area contributed by atoms with E-state index in [9.17, 15) is 0 Å². The fourth-order valence-corrected chi connectivity index (χ4v) is 2.79. The van der Waals surface area contributed by atoms with E-state index in [0.29, 0.717) is 6.61 Å². The molecule has 1 aromatic heterocycles. The highest BCUT2D eigenvalue weighted by Crippen LogP contribution is 2.27. The van der Waals surface area contributed by atoms with Gasteiger partial charge < -0.3 is 10.5 Å². The number of benzene rings is 1. The number of hydrogen-bond acceptors (Lipinski definition) is 3. The van der Waals surface area contributed by atoms with Crippen molar-refractivity contribution in [1.82, 2.24) is 0 Å². The van der Waals surface area contributed by atoms with Crippen molar-refractivity contribution in [2.45, 2.75) is 19.4 Å². The first-order chi connectivity index (χ1) is 8.66. The zero-order valence-electron chi connectivity index (χ0n) is 10.2. The fourth-order valence-electron chi connectivity index (χ4n) is 1.72. The summed E-state index contributed by atoms with van der Waals surface area (Å²) >= 11 is 5.21. The van der Waals surface area contributed by atoms with Crippen LogP contribution in [0.4, 0.5) is 0 Å². The second kappa shape index (κ2) is 6.36. The van der Waals surface area contributed by atoms with Crippen molar-refractivity contribution in [2.75, 3.05) is 6.61 Å². The Hall–Kier alpha value is -0.840. The summed E-state index contributed by atoms with van der Waals surface area (Å²) in [4.78, 5) is 1.34. The summed E-state index contributed by atoms with van der Waals surface area (Å²) in [5.74, 6) is 0.879. The number of nitrogens with two attached hydrogens (primary N) is 1. The summed E-state index contributed by atoms with van der Waals surface area (Å²) < 4.78 is 6.86. The molecule has 1 unspecified atom stereocenters. The van der Waals surface area contributed by atoms with Gasteiger partial charge in [0.15, 0.2) is 0 Å². The van der Waals surface area contributed by atoms with E-state index in [4.69, 9.17) is 10.5 Å². The number of ether oxygens (including phenoxy) is 1. The Morgan fingerprint density at radius 1 is 1.39 bits per heavy atom. The Labute approximate surface area is 120 Å². The molecular formula is C14H16BrNOS. The molecule has 0 radical (unpaired) electrons. The van der Waals surface area contributed by atoms with Crippen LogP contribution in [0.2, 0.25) is 0 Å². The standard InChI is InChI=1S/C14H16BrNOS/c1-10(16)13-9-11(15)4-5-14(13)17-7-6-12-3-2-8-18-12/h2-5,8-10H,6-7,16H2,1H3. The molecule has 0 spiro atoms. The number of halogens is 1. The van der Waals surface area contributed by atoms with Crippen molar-refractivity contribution in [3.8, 4) is 5.75 Å². The van der Waals surface area contributed by atoms with E-state index in [0.717, 1.165) is 22.2 Å². The van der Waals surface area contributed by atoms with Gasteiger partial charge in [-0.05, 0) is 36.6 Å². The highest BCUT2D eigenvalue weighted by Gasteiger charge is 2.08. The molecular weight excluding hydrogens is 310 g/mol. The molecule has 0 aliphatic carbocycles. The molecule has 0 saturated heterocycles. The summed E-state index contributed by atoms with van der Waals surface area (Å²) in [5, 5.41) is 2.09. The average Bonchev–Trinajstić information content (AvgIpc) is 2.84. The largest absolute Gasteiger partial charge is 0.493 e. The molecule has 18 heavy (non-hydrogen) atoms. The molecule has 1 heterocycles. The highest BCUT2D eigenvalue weighted by molar-refractivity contribution is 9.10. The van der Waals surface area contributed by atoms with Crippen molar-refractivity contribution >= 4 is 27.3 Å². The first kappa shape index (κ1) is 13.6. The van der Waals surface area contributed by atoms with Gasteiger partial charge in [-0.25, -0.2) is 0 Å². The van der Waals surface area contributed by atoms with Crippen LogP contribution in [0.5, 0.6) is 5.75 Å². The predicted octanol–water partition coefficient (Wildman–Crippen LogP) is 4.15. The van der Waals surface area contributed by atoms with E-state index in [2.05, 4.69) is 33.4 Å². The SMILES string of the molecule is CC(N)c1cc(Br)ccc1OCCc1cccs1. The molecule has 1 atom stereocenters. The lowest BCUT2D eigenvalue weighted by Gasteiger charge is -2.14.